The molecule has 4 nitrogen and oxygen atoms in total. The number of rotatable bonds is 6. The molecule has 0 heterocycles. The molecule has 0 aromatic rings. The van der Waals surface area contributed by atoms with E-state index in [1.807, 2.05) is 6.92 Å². The van der Waals surface area contributed by atoms with Crippen LogP contribution in [0.1, 0.15) is 72.1 Å². The number of ether oxygens (including phenoxy) is 1. The fourth-order valence-corrected chi connectivity index (χ4v) is 2.43. The molecular formula is C15H26O4. The zero-order valence-corrected chi connectivity index (χ0v) is 12.3. The van der Waals surface area contributed by atoms with Crippen molar-refractivity contribution >= 4 is 11.9 Å². The first-order valence-electron chi connectivity index (χ1n) is 7.16. The molecule has 0 bridgehead atoms. The summed E-state index contributed by atoms with van der Waals surface area (Å²) in [4.78, 5) is 22.1. The molecule has 0 unspecified atom stereocenters. The fraction of sp³-hybridized carbons (Fsp3) is 0.867. The van der Waals surface area contributed by atoms with Crippen LogP contribution in [0, 0.1) is 5.41 Å². The van der Waals surface area contributed by atoms with Gasteiger partial charge in [-0.3, -0.25) is 9.59 Å². The van der Waals surface area contributed by atoms with Gasteiger partial charge in [0.05, 0.1) is 0 Å². The minimum absolute atomic E-state index is 0.124. The average molecular weight is 270 g/mol. The van der Waals surface area contributed by atoms with Gasteiger partial charge in [0.15, 0.2) is 0 Å². The molecule has 1 N–H and O–H groups in total. The standard InChI is InChI=1S/C15H26O4/c1-14(2)8-10-15(3,11-9-14)19-13(18)7-5-4-6-12(16)17/h4-11H2,1-3H3,(H,16,17). The Morgan fingerprint density at radius 2 is 1.53 bits per heavy atom. The number of carboxylic acid groups (broad SMARTS) is 1. The van der Waals surface area contributed by atoms with Crippen LogP contribution >= 0.6 is 0 Å². The zero-order chi connectivity index (χ0) is 14.5. The van der Waals surface area contributed by atoms with Gasteiger partial charge < -0.3 is 9.84 Å². The molecule has 0 aromatic carbocycles. The van der Waals surface area contributed by atoms with Gasteiger partial charge in [0, 0.05) is 12.8 Å². The Morgan fingerprint density at radius 1 is 1.00 bits per heavy atom. The van der Waals surface area contributed by atoms with Crippen molar-refractivity contribution in [2.75, 3.05) is 0 Å². The summed E-state index contributed by atoms with van der Waals surface area (Å²) in [5, 5.41) is 8.51. The Hall–Kier alpha value is -1.06. The summed E-state index contributed by atoms with van der Waals surface area (Å²) in [5.41, 5.74) is 0.0345. The van der Waals surface area contributed by atoms with E-state index in [1.165, 1.54) is 0 Å². The lowest BCUT2D eigenvalue weighted by Gasteiger charge is -2.40. The van der Waals surface area contributed by atoms with Crippen molar-refractivity contribution in [3.8, 4) is 0 Å². The Bertz CT molecular complexity index is 323. The number of carbonyl (C=O) groups is 2. The Balaban J connectivity index is 2.26. The van der Waals surface area contributed by atoms with Crippen molar-refractivity contribution in [2.45, 2.75) is 77.7 Å². The molecule has 1 aliphatic carbocycles. The van der Waals surface area contributed by atoms with Gasteiger partial charge in [-0.05, 0) is 50.9 Å². The third-order valence-electron chi connectivity index (χ3n) is 4.04. The largest absolute Gasteiger partial charge is 0.481 e. The van der Waals surface area contributed by atoms with Crippen LogP contribution in [0.3, 0.4) is 0 Å². The number of carboxylic acids is 1. The highest BCUT2D eigenvalue weighted by Gasteiger charge is 2.37. The van der Waals surface area contributed by atoms with Crippen molar-refractivity contribution in [3.05, 3.63) is 0 Å². The maximum absolute atomic E-state index is 11.8. The fourth-order valence-electron chi connectivity index (χ4n) is 2.43. The summed E-state index contributed by atoms with van der Waals surface area (Å²) < 4.78 is 5.59. The van der Waals surface area contributed by atoms with Gasteiger partial charge in [0.1, 0.15) is 5.60 Å². The molecule has 19 heavy (non-hydrogen) atoms. The van der Waals surface area contributed by atoms with E-state index in [1.54, 1.807) is 0 Å². The van der Waals surface area contributed by atoms with Gasteiger partial charge in [0.25, 0.3) is 0 Å². The first-order chi connectivity index (χ1) is 8.72. The Morgan fingerprint density at radius 3 is 2.05 bits per heavy atom. The highest BCUT2D eigenvalue weighted by molar-refractivity contribution is 5.70. The van der Waals surface area contributed by atoms with Gasteiger partial charge in [-0.15, -0.1) is 0 Å². The predicted molar refractivity (Wildman–Crippen MR) is 72.8 cm³/mol. The topological polar surface area (TPSA) is 63.6 Å². The summed E-state index contributed by atoms with van der Waals surface area (Å²) in [6.07, 6.45) is 5.57. The highest BCUT2D eigenvalue weighted by atomic mass is 16.6. The Kier molecular flexibility index (Phi) is 5.39. The zero-order valence-electron chi connectivity index (χ0n) is 12.3. The van der Waals surface area contributed by atoms with Crippen molar-refractivity contribution in [3.63, 3.8) is 0 Å². The second kappa shape index (κ2) is 6.40. The summed E-state index contributed by atoms with van der Waals surface area (Å²) >= 11 is 0. The van der Waals surface area contributed by atoms with E-state index in [2.05, 4.69) is 13.8 Å². The maximum Gasteiger partial charge on any atom is 0.306 e. The molecule has 0 aliphatic heterocycles. The summed E-state index contributed by atoms with van der Waals surface area (Å²) in [5.74, 6) is -0.998. The van der Waals surface area contributed by atoms with E-state index in [0.717, 1.165) is 25.7 Å². The lowest BCUT2D eigenvalue weighted by atomic mass is 9.71. The van der Waals surface area contributed by atoms with E-state index in [4.69, 9.17) is 9.84 Å². The van der Waals surface area contributed by atoms with E-state index < -0.39 is 5.97 Å². The van der Waals surface area contributed by atoms with Crippen molar-refractivity contribution in [1.82, 2.24) is 0 Å². The molecule has 0 amide bonds. The number of aliphatic carboxylic acids is 1. The van der Waals surface area contributed by atoms with Crippen LogP contribution in [0.5, 0.6) is 0 Å². The van der Waals surface area contributed by atoms with Crippen molar-refractivity contribution < 1.29 is 19.4 Å². The molecule has 1 fully saturated rings. The molecular weight excluding hydrogens is 244 g/mol. The summed E-state index contributed by atoms with van der Waals surface area (Å²) in [6.45, 7) is 6.51. The molecule has 0 spiro atoms. The second-order valence-electron chi connectivity index (χ2n) is 6.69. The molecule has 4 heteroatoms. The molecule has 0 saturated heterocycles. The molecule has 0 atom stereocenters. The molecule has 0 radical (unpaired) electrons. The molecule has 110 valence electrons. The molecule has 0 aromatic heterocycles. The molecule has 1 saturated carbocycles. The third kappa shape index (κ3) is 6.08. The molecule has 1 rings (SSSR count). The van der Waals surface area contributed by atoms with E-state index >= 15 is 0 Å². The lowest BCUT2D eigenvalue weighted by molar-refractivity contribution is -0.163. The van der Waals surface area contributed by atoms with Crippen LogP contribution < -0.4 is 0 Å². The third-order valence-corrected chi connectivity index (χ3v) is 4.04. The van der Waals surface area contributed by atoms with Crippen LogP contribution in [0.4, 0.5) is 0 Å². The number of esters is 1. The van der Waals surface area contributed by atoms with E-state index in [0.29, 0.717) is 24.7 Å². The van der Waals surface area contributed by atoms with Crippen LogP contribution in [-0.4, -0.2) is 22.6 Å². The normalized spacial score (nSPS) is 20.8. The van der Waals surface area contributed by atoms with Crippen molar-refractivity contribution in [2.24, 2.45) is 5.41 Å². The number of hydrogen-bond donors (Lipinski definition) is 1. The summed E-state index contributed by atoms with van der Waals surface area (Å²) in [6, 6.07) is 0. The van der Waals surface area contributed by atoms with Crippen LogP contribution in [-0.2, 0) is 14.3 Å². The second-order valence-corrected chi connectivity index (χ2v) is 6.69. The SMILES string of the molecule is CC1(C)CCC(C)(OC(=O)CCCCC(=O)O)CC1. The lowest BCUT2D eigenvalue weighted by Crippen LogP contribution is -2.38. The first-order valence-corrected chi connectivity index (χ1v) is 7.16. The quantitative estimate of drug-likeness (QED) is 0.592. The monoisotopic (exact) mass is 270 g/mol. The van der Waals surface area contributed by atoms with Gasteiger partial charge in [-0.25, -0.2) is 0 Å². The first kappa shape index (κ1) is 16.0. The highest BCUT2D eigenvalue weighted by Crippen LogP contribution is 2.41. The maximum atomic E-state index is 11.8. The van der Waals surface area contributed by atoms with Crippen LogP contribution in [0.15, 0.2) is 0 Å². The predicted octanol–water partition coefficient (Wildman–Crippen LogP) is 3.53. The average Bonchev–Trinajstić information content (AvgIpc) is 2.29. The van der Waals surface area contributed by atoms with Crippen LogP contribution in [0.25, 0.3) is 0 Å². The molecule has 1 aliphatic rings. The number of carbonyl (C=O) groups excluding carboxylic acids is 1. The van der Waals surface area contributed by atoms with Gasteiger partial charge >= 0.3 is 11.9 Å². The summed E-state index contributed by atoms with van der Waals surface area (Å²) in [7, 11) is 0. The van der Waals surface area contributed by atoms with E-state index in [9.17, 15) is 9.59 Å². The van der Waals surface area contributed by atoms with Crippen LogP contribution in [0.2, 0.25) is 0 Å². The number of hydrogen-bond acceptors (Lipinski definition) is 3. The Labute approximate surface area is 115 Å². The minimum Gasteiger partial charge on any atom is -0.481 e. The van der Waals surface area contributed by atoms with Crippen molar-refractivity contribution in [1.29, 1.82) is 0 Å². The van der Waals surface area contributed by atoms with Gasteiger partial charge in [-0.1, -0.05) is 13.8 Å². The number of unbranched alkanes of at least 4 members (excludes halogenated alkanes) is 1. The smallest absolute Gasteiger partial charge is 0.306 e. The minimum atomic E-state index is -0.810. The van der Waals surface area contributed by atoms with E-state index in [-0.39, 0.29) is 18.0 Å². The van der Waals surface area contributed by atoms with Gasteiger partial charge in [0.2, 0.25) is 0 Å². The van der Waals surface area contributed by atoms with Gasteiger partial charge in [-0.2, -0.15) is 0 Å².